The van der Waals surface area contributed by atoms with Gasteiger partial charge in [-0.3, -0.25) is 0 Å². The van der Waals surface area contributed by atoms with Gasteiger partial charge in [-0.25, -0.2) is 4.79 Å². The van der Waals surface area contributed by atoms with Crippen molar-refractivity contribution in [3.05, 3.63) is 12.2 Å². The number of carbonyl (C=O) groups is 1. The van der Waals surface area contributed by atoms with Crippen molar-refractivity contribution in [2.75, 3.05) is 13.9 Å². The molecule has 0 bridgehead atoms. The maximum atomic E-state index is 11.6. The van der Waals surface area contributed by atoms with Crippen LogP contribution in [0, 0.1) is 11.8 Å². The van der Waals surface area contributed by atoms with E-state index in [4.69, 9.17) is 14.2 Å². The van der Waals surface area contributed by atoms with E-state index in [1.54, 1.807) is 7.11 Å². The lowest BCUT2D eigenvalue weighted by Gasteiger charge is -2.26. The first-order valence-corrected chi connectivity index (χ1v) is 7.17. The maximum Gasteiger partial charge on any atom is 0.330 e. The first-order valence-electron chi connectivity index (χ1n) is 7.17. The van der Waals surface area contributed by atoms with Gasteiger partial charge in [0.05, 0.1) is 6.10 Å². The van der Waals surface area contributed by atoms with E-state index in [0.717, 1.165) is 6.42 Å². The van der Waals surface area contributed by atoms with Gasteiger partial charge in [0, 0.05) is 13.2 Å². The predicted molar refractivity (Wildman–Crippen MR) is 80.4 cm³/mol. The minimum atomic E-state index is -0.449. The van der Waals surface area contributed by atoms with Gasteiger partial charge in [-0.1, -0.05) is 26.8 Å². The number of esters is 1. The molecule has 0 amide bonds. The molecule has 20 heavy (non-hydrogen) atoms. The molecule has 0 saturated heterocycles. The molecular weight excluding hydrogens is 256 g/mol. The van der Waals surface area contributed by atoms with Gasteiger partial charge in [-0.2, -0.15) is 0 Å². The van der Waals surface area contributed by atoms with Gasteiger partial charge in [0.2, 0.25) is 0 Å². The highest BCUT2D eigenvalue weighted by atomic mass is 16.7. The molecule has 0 aliphatic carbocycles. The second-order valence-electron chi connectivity index (χ2n) is 6.43. The summed E-state index contributed by atoms with van der Waals surface area (Å²) in [5.41, 5.74) is -0.449. The fourth-order valence-electron chi connectivity index (χ4n) is 2.01. The number of rotatable bonds is 8. The second kappa shape index (κ2) is 9.14. The van der Waals surface area contributed by atoms with E-state index in [0.29, 0.717) is 18.6 Å². The second-order valence-corrected chi connectivity index (χ2v) is 6.43. The SMILES string of the molecule is COCO[C@H](C(C)C)[C@@H](C)C/C=C/C(=O)OC(C)(C)C. The van der Waals surface area contributed by atoms with E-state index in [2.05, 4.69) is 20.8 Å². The Morgan fingerprint density at radius 2 is 1.80 bits per heavy atom. The fraction of sp³-hybridized carbons (Fsp3) is 0.812. The van der Waals surface area contributed by atoms with Crippen LogP contribution in [0.3, 0.4) is 0 Å². The Morgan fingerprint density at radius 1 is 1.20 bits per heavy atom. The minimum absolute atomic E-state index is 0.109. The molecule has 0 rings (SSSR count). The van der Waals surface area contributed by atoms with Gasteiger partial charge in [-0.05, 0) is 39.0 Å². The molecule has 0 spiro atoms. The molecule has 0 N–H and O–H groups in total. The normalized spacial score (nSPS) is 15.6. The average Bonchev–Trinajstić information content (AvgIpc) is 2.26. The van der Waals surface area contributed by atoms with Gasteiger partial charge in [0.25, 0.3) is 0 Å². The van der Waals surface area contributed by atoms with Crippen molar-refractivity contribution < 1.29 is 19.0 Å². The third-order valence-electron chi connectivity index (χ3n) is 2.76. The number of methoxy groups -OCH3 is 1. The number of ether oxygens (including phenoxy) is 3. The topological polar surface area (TPSA) is 44.8 Å². The van der Waals surface area contributed by atoms with Crippen LogP contribution < -0.4 is 0 Å². The lowest BCUT2D eigenvalue weighted by atomic mass is 9.92. The summed E-state index contributed by atoms with van der Waals surface area (Å²) in [7, 11) is 1.62. The van der Waals surface area contributed by atoms with Crippen LogP contribution in [0.25, 0.3) is 0 Å². The Balaban J connectivity index is 4.29. The lowest BCUT2D eigenvalue weighted by molar-refractivity contribution is -0.148. The highest BCUT2D eigenvalue weighted by Gasteiger charge is 2.21. The molecule has 0 unspecified atom stereocenters. The largest absolute Gasteiger partial charge is 0.457 e. The smallest absolute Gasteiger partial charge is 0.330 e. The van der Waals surface area contributed by atoms with Crippen molar-refractivity contribution in [1.82, 2.24) is 0 Å². The molecule has 0 aliphatic heterocycles. The van der Waals surface area contributed by atoms with Crippen LogP contribution in [0.5, 0.6) is 0 Å². The molecule has 0 aromatic carbocycles. The van der Waals surface area contributed by atoms with E-state index in [1.807, 2.05) is 26.8 Å². The van der Waals surface area contributed by atoms with Crippen molar-refractivity contribution in [2.24, 2.45) is 11.8 Å². The van der Waals surface area contributed by atoms with E-state index in [9.17, 15) is 4.79 Å². The molecule has 0 aromatic rings. The summed E-state index contributed by atoms with van der Waals surface area (Å²) in [5.74, 6) is 0.405. The predicted octanol–water partition coefficient (Wildman–Crippen LogP) is 3.56. The molecule has 4 nitrogen and oxygen atoms in total. The number of carbonyl (C=O) groups excluding carboxylic acids is 1. The Morgan fingerprint density at radius 3 is 2.25 bits per heavy atom. The summed E-state index contributed by atoms with van der Waals surface area (Å²) in [5, 5.41) is 0. The van der Waals surface area contributed by atoms with E-state index >= 15 is 0 Å². The molecule has 0 radical (unpaired) electrons. The third kappa shape index (κ3) is 9.10. The van der Waals surface area contributed by atoms with Crippen molar-refractivity contribution in [2.45, 2.75) is 59.7 Å². The van der Waals surface area contributed by atoms with Crippen molar-refractivity contribution in [1.29, 1.82) is 0 Å². The third-order valence-corrected chi connectivity index (χ3v) is 2.76. The number of allylic oxidation sites excluding steroid dienone is 1. The molecule has 0 saturated carbocycles. The quantitative estimate of drug-likeness (QED) is 0.389. The molecule has 0 fully saturated rings. The van der Waals surface area contributed by atoms with Gasteiger partial charge < -0.3 is 14.2 Å². The first kappa shape index (κ1) is 19.1. The summed E-state index contributed by atoms with van der Waals surface area (Å²) in [6, 6.07) is 0. The van der Waals surface area contributed by atoms with Crippen LogP contribution in [-0.2, 0) is 19.0 Å². The highest BCUT2D eigenvalue weighted by molar-refractivity contribution is 5.82. The molecule has 2 atom stereocenters. The monoisotopic (exact) mass is 286 g/mol. The molecule has 118 valence electrons. The van der Waals surface area contributed by atoms with E-state index in [1.165, 1.54) is 6.08 Å². The van der Waals surface area contributed by atoms with Gasteiger partial charge >= 0.3 is 5.97 Å². The summed E-state index contributed by atoms with van der Waals surface area (Å²) < 4.78 is 15.9. The van der Waals surface area contributed by atoms with Crippen LogP contribution in [0.15, 0.2) is 12.2 Å². The molecule has 0 aliphatic rings. The molecule has 0 heterocycles. The van der Waals surface area contributed by atoms with Crippen molar-refractivity contribution >= 4 is 5.97 Å². The van der Waals surface area contributed by atoms with Crippen LogP contribution in [0.4, 0.5) is 0 Å². The Hall–Kier alpha value is -0.870. The maximum absolute atomic E-state index is 11.6. The summed E-state index contributed by atoms with van der Waals surface area (Å²) in [6.45, 7) is 12.2. The summed E-state index contributed by atoms with van der Waals surface area (Å²) >= 11 is 0. The van der Waals surface area contributed by atoms with E-state index < -0.39 is 5.60 Å². The van der Waals surface area contributed by atoms with Crippen LogP contribution >= 0.6 is 0 Å². The highest BCUT2D eigenvalue weighted by Crippen LogP contribution is 2.20. The fourth-order valence-corrected chi connectivity index (χ4v) is 2.01. The van der Waals surface area contributed by atoms with Crippen molar-refractivity contribution in [3.8, 4) is 0 Å². The molecular formula is C16H30O4. The zero-order chi connectivity index (χ0) is 15.8. The Kier molecular flexibility index (Phi) is 8.74. The zero-order valence-electron chi connectivity index (χ0n) is 13.9. The number of hydrogen-bond acceptors (Lipinski definition) is 4. The average molecular weight is 286 g/mol. The summed E-state index contributed by atoms with van der Waals surface area (Å²) in [4.78, 5) is 11.6. The van der Waals surface area contributed by atoms with Crippen LogP contribution in [-0.4, -0.2) is 31.6 Å². The van der Waals surface area contributed by atoms with Gasteiger partial charge in [-0.15, -0.1) is 0 Å². The van der Waals surface area contributed by atoms with Gasteiger partial charge in [0.1, 0.15) is 12.4 Å². The molecule has 0 aromatic heterocycles. The van der Waals surface area contributed by atoms with Crippen molar-refractivity contribution in [3.63, 3.8) is 0 Å². The van der Waals surface area contributed by atoms with Gasteiger partial charge in [0.15, 0.2) is 0 Å². The van der Waals surface area contributed by atoms with Crippen LogP contribution in [0.2, 0.25) is 0 Å². The standard InChI is InChI=1S/C16H30O4/c1-12(2)15(19-11-18-7)13(3)9-8-10-14(17)20-16(4,5)6/h8,10,12-13,15H,9,11H2,1-7H3/b10-8+/t13-,15+/m0/s1. The Labute approximate surface area is 123 Å². The van der Waals surface area contributed by atoms with E-state index in [-0.39, 0.29) is 12.1 Å². The lowest BCUT2D eigenvalue weighted by Crippen LogP contribution is -2.28. The minimum Gasteiger partial charge on any atom is -0.457 e. The Bertz CT molecular complexity index is 302. The number of hydrogen-bond donors (Lipinski definition) is 0. The first-order chi connectivity index (χ1) is 9.17. The van der Waals surface area contributed by atoms with Crippen LogP contribution in [0.1, 0.15) is 48.0 Å². The molecule has 4 heteroatoms. The summed E-state index contributed by atoms with van der Waals surface area (Å²) in [6.07, 6.45) is 4.23. The zero-order valence-corrected chi connectivity index (χ0v) is 13.9.